The van der Waals surface area contributed by atoms with Crippen molar-refractivity contribution in [3.63, 3.8) is 0 Å². The molecule has 0 heterocycles. The highest BCUT2D eigenvalue weighted by atomic mass is 16.5. The first-order valence-corrected chi connectivity index (χ1v) is 10.7. The summed E-state index contributed by atoms with van der Waals surface area (Å²) in [4.78, 5) is 24.4. The van der Waals surface area contributed by atoms with Gasteiger partial charge < -0.3 is 30.3 Å². The third-order valence-corrected chi connectivity index (χ3v) is 4.62. The number of benzene rings is 1. The Balaban J connectivity index is 3.45. The minimum atomic E-state index is -1.11. The minimum absolute atomic E-state index is 0.213. The molecule has 0 saturated carbocycles. The SMILES string of the molecule is CC(C)(C)c1cc(OCCCNC(=O)O)c(OCCCNC(=O)O)c(C(C)(C)C)c1N=[N+]=[N-]. The molecule has 1 aromatic carbocycles. The Kier molecular flexibility index (Phi) is 10.1. The molecule has 4 N–H and O–H groups in total. The van der Waals surface area contributed by atoms with Crippen molar-refractivity contribution in [1.82, 2.24) is 10.6 Å². The van der Waals surface area contributed by atoms with Gasteiger partial charge in [-0.15, -0.1) is 0 Å². The van der Waals surface area contributed by atoms with Crippen molar-refractivity contribution in [3.05, 3.63) is 27.6 Å². The molecule has 0 aliphatic rings. The van der Waals surface area contributed by atoms with Gasteiger partial charge in [-0.3, -0.25) is 0 Å². The van der Waals surface area contributed by atoms with Gasteiger partial charge in [-0.25, -0.2) is 9.59 Å². The number of carbonyl (C=O) groups is 2. The molecule has 0 bridgehead atoms. The van der Waals surface area contributed by atoms with Gasteiger partial charge in [0.05, 0.1) is 13.2 Å². The Bertz CT molecular complexity index is 883. The van der Waals surface area contributed by atoms with Crippen LogP contribution in [0, 0.1) is 0 Å². The number of amides is 2. The summed E-state index contributed by atoms with van der Waals surface area (Å²) in [6.07, 6.45) is -1.33. The molecule has 33 heavy (non-hydrogen) atoms. The quantitative estimate of drug-likeness (QED) is 0.150. The van der Waals surface area contributed by atoms with E-state index in [1.165, 1.54) is 0 Å². The highest BCUT2D eigenvalue weighted by Gasteiger charge is 2.31. The fourth-order valence-electron chi connectivity index (χ4n) is 3.19. The summed E-state index contributed by atoms with van der Waals surface area (Å²) >= 11 is 0. The first-order valence-electron chi connectivity index (χ1n) is 10.7. The Morgan fingerprint density at radius 3 is 1.91 bits per heavy atom. The van der Waals surface area contributed by atoms with E-state index in [4.69, 9.17) is 19.7 Å². The van der Waals surface area contributed by atoms with Crippen LogP contribution in [0.1, 0.15) is 65.5 Å². The van der Waals surface area contributed by atoms with E-state index in [0.717, 1.165) is 5.56 Å². The summed E-state index contributed by atoms with van der Waals surface area (Å²) in [6.45, 7) is 12.9. The van der Waals surface area contributed by atoms with Crippen molar-refractivity contribution in [3.8, 4) is 11.5 Å². The maximum absolute atomic E-state index is 10.7. The highest BCUT2D eigenvalue weighted by molar-refractivity contribution is 5.69. The third kappa shape index (κ3) is 8.97. The molecule has 0 unspecified atom stereocenters. The van der Waals surface area contributed by atoms with Crippen LogP contribution in [0.15, 0.2) is 11.2 Å². The zero-order valence-corrected chi connectivity index (χ0v) is 20.2. The van der Waals surface area contributed by atoms with Crippen molar-refractivity contribution >= 4 is 17.9 Å². The summed E-state index contributed by atoms with van der Waals surface area (Å²) in [5.41, 5.74) is 10.4. The average Bonchev–Trinajstić information content (AvgIpc) is 2.66. The number of ether oxygens (including phenoxy) is 2. The molecule has 0 saturated heterocycles. The molecular weight excluding hydrogens is 430 g/mol. The molecule has 0 aromatic heterocycles. The molecule has 1 aromatic rings. The Hall–Kier alpha value is -3.33. The zero-order valence-electron chi connectivity index (χ0n) is 20.2. The predicted molar refractivity (Wildman–Crippen MR) is 125 cm³/mol. The van der Waals surface area contributed by atoms with E-state index in [9.17, 15) is 15.1 Å². The number of hydrogen-bond acceptors (Lipinski definition) is 5. The Morgan fingerprint density at radius 1 is 0.970 bits per heavy atom. The smallest absolute Gasteiger partial charge is 0.404 e. The Labute approximate surface area is 194 Å². The normalized spacial score (nSPS) is 11.3. The van der Waals surface area contributed by atoms with Crippen molar-refractivity contribution in [2.75, 3.05) is 26.3 Å². The molecule has 0 atom stereocenters. The maximum atomic E-state index is 10.7. The first kappa shape index (κ1) is 27.7. The van der Waals surface area contributed by atoms with Gasteiger partial charge in [-0.1, -0.05) is 46.7 Å². The van der Waals surface area contributed by atoms with E-state index < -0.39 is 17.6 Å². The molecule has 11 nitrogen and oxygen atoms in total. The van der Waals surface area contributed by atoms with Crippen LogP contribution in [-0.2, 0) is 10.8 Å². The monoisotopic (exact) mass is 465 g/mol. The van der Waals surface area contributed by atoms with Crippen LogP contribution in [0.2, 0.25) is 0 Å². The number of rotatable bonds is 11. The fraction of sp³-hybridized carbons (Fsp3) is 0.636. The lowest BCUT2D eigenvalue weighted by atomic mass is 9.78. The topological polar surface area (TPSA) is 166 Å². The van der Waals surface area contributed by atoms with E-state index in [0.29, 0.717) is 35.6 Å². The van der Waals surface area contributed by atoms with Crippen molar-refractivity contribution < 1.29 is 29.3 Å². The van der Waals surface area contributed by atoms with Crippen LogP contribution in [0.5, 0.6) is 11.5 Å². The van der Waals surface area contributed by atoms with Gasteiger partial charge in [0.25, 0.3) is 0 Å². The molecule has 0 spiro atoms. The van der Waals surface area contributed by atoms with Gasteiger partial charge in [0.15, 0.2) is 11.5 Å². The van der Waals surface area contributed by atoms with Crippen molar-refractivity contribution in [2.24, 2.45) is 5.11 Å². The molecule has 0 aliphatic carbocycles. The molecule has 0 fully saturated rings. The second-order valence-corrected chi connectivity index (χ2v) is 9.53. The van der Waals surface area contributed by atoms with E-state index in [2.05, 4.69) is 20.7 Å². The predicted octanol–water partition coefficient (Wildman–Crippen LogP) is 5.30. The lowest BCUT2D eigenvalue weighted by molar-refractivity contribution is 0.191. The second-order valence-electron chi connectivity index (χ2n) is 9.53. The lowest BCUT2D eigenvalue weighted by Gasteiger charge is -2.31. The van der Waals surface area contributed by atoms with Crippen molar-refractivity contribution in [1.29, 1.82) is 0 Å². The van der Waals surface area contributed by atoms with Crippen LogP contribution in [0.4, 0.5) is 15.3 Å². The zero-order chi connectivity index (χ0) is 25.2. The third-order valence-electron chi connectivity index (χ3n) is 4.62. The number of hydrogen-bond donors (Lipinski definition) is 4. The maximum Gasteiger partial charge on any atom is 0.404 e. The Morgan fingerprint density at radius 2 is 1.48 bits per heavy atom. The van der Waals surface area contributed by atoms with Gasteiger partial charge in [0.2, 0.25) is 0 Å². The van der Waals surface area contributed by atoms with Gasteiger partial charge in [-0.2, -0.15) is 0 Å². The summed E-state index contributed by atoms with van der Waals surface area (Å²) in [6, 6.07) is 1.80. The first-order chi connectivity index (χ1) is 15.3. The molecule has 0 radical (unpaired) electrons. The standard InChI is InChI=1S/C22H35N5O6/c1-21(2,3)14-13-15(32-11-7-9-24-19(28)29)18(33-12-8-10-25-20(30)31)16(22(4,5)6)17(14)26-27-23/h13,24-25H,7-12H2,1-6H3,(H,28,29)(H,30,31). The van der Waals surface area contributed by atoms with Crippen LogP contribution < -0.4 is 20.1 Å². The van der Waals surface area contributed by atoms with E-state index >= 15 is 0 Å². The second kappa shape index (κ2) is 12.1. The van der Waals surface area contributed by atoms with Crippen LogP contribution in [0.25, 0.3) is 10.4 Å². The number of nitrogens with zero attached hydrogens (tertiary/aromatic N) is 3. The van der Waals surface area contributed by atoms with Crippen LogP contribution >= 0.6 is 0 Å². The van der Waals surface area contributed by atoms with E-state index in [1.807, 2.05) is 41.5 Å². The highest BCUT2D eigenvalue weighted by Crippen LogP contribution is 2.49. The average molecular weight is 466 g/mol. The number of nitrogens with one attached hydrogen (secondary N) is 2. The van der Waals surface area contributed by atoms with Gasteiger partial charge >= 0.3 is 12.2 Å². The van der Waals surface area contributed by atoms with Crippen molar-refractivity contribution in [2.45, 2.75) is 65.2 Å². The summed E-state index contributed by atoms with van der Waals surface area (Å²) in [5, 5.41) is 26.1. The van der Waals surface area contributed by atoms with Gasteiger partial charge in [0.1, 0.15) is 0 Å². The molecule has 2 amide bonds. The van der Waals surface area contributed by atoms with Gasteiger partial charge in [-0.05, 0) is 40.8 Å². The number of carboxylic acid groups (broad SMARTS) is 2. The molecule has 11 heteroatoms. The number of azide groups is 1. The minimum Gasteiger partial charge on any atom is -0.490 e. The van der Waals surface area contributed by atoms with Gasteiger partial charge in [0, 0.05) is 29.3 Å². The fourth-order valence-corrected chi connectivity index (χ4v) is 3.19. The summed E-state index contributed by atoms with van der Waals surface area (Å²) in [7, 11) is 0. The molecule has 0 aliphatic heterocycles. The van der Waals surface area contributed by atoms with E-state index in [1.54, 1.807) is 6.07 Å². The molecule has 1 rings (SSSR count). The molecule has 184 valence electrons. The van der Waals surface area contributed by atoms with Crippen LogP contribution in [0.3, 0.4) is 0 Å². The lowest BCUT2D eigenvalue weighted by Crippen LogP contribution is -2.24. The largest absolute Gasteiger partial charge is 0.490 e. The summed E-state index contributed by atoms with van der Waals surface area (Å²) in [5.74, 6) is 0.891. The molecular formula is C22H35N5O6. The van der Waals surface area contributed by atoms with Crippen LogP contribution in [-0.4, -0.2) is 48.7 Å². The van der Waals surface area contributed by atoms with E-state index in [-0.39, 0.29) is 31.7 Å². The summed E-state index contributed by atoms with van der Waals surface area (Å²) < 4.78 is 12.1.